The van der Waals surface area contributed by atoms with E-state index < -0.39 is 0 Å². The van der Waals surface area contributed by atoms with Gasteiger partial charge in [-0.15, -0.1) is 0 Å². The molecule has 0 aromatic carbocycles. The molecule has 162 valence electrons. The van der Waals surface area contributed by atoms with Gasteiger partial charge in [0, 0.05) is 6.04 Å². The predicted molar refractivity (Wildman–Crippen MR) is 125 cm³/mol. The Kier molecular flexibility index (Phi) is 3.65. The van der Waals surface area contributed by atoms with Gasteiger partial charge in [0.15, 0.2) is 0 Å². The van der Waals surface area contributed by atoms with E-state index in [9.17, 15) is 0 Å². The highest BCUT2D eigenvalue weighted by atomic mass is 15.0. The average molecular weight is 433 g/mol. The summed E-state index contributed by atoms with van der Waals surface area (Å²) in [4.78, 5) is 17.9. The minimum Gasteiger partial charge on any atom is -0.352 e. The predicted octanol–water partition coefficient (Wildman–Crippen LogP) is 4.74. The number of aromatic nitrogens is 6. The highest BCUT2D eigenvalue weighted by Gasteiger charge is 2.04. The monoisotopic (exact) mass is 432 g/mol. The molecule has 1 aliphatic rings. The Morgan fingerprint density at radius 1 is 0.394 bits per heavy atom. The van der Waals surface area contributed by atoms with Crippen LogP contribution in [0.3, 0.4) is 0 Å². The Labute approximate surface area is 186 Å². The van der Waals surface area contributed by atoms with Crippen LogP contribution in [0.15, 0.2) is 72.8 Å². The third kappa shape index (κ3) is 2.74. The molecule has 33 heavy (non-hydrogen) atoms. The molecule has 5 N–H and O–H groups in total. The summed E-state index contributed by atoms with van der Waals surface area (Å²) >= 11 is 0. The largest absolute Gasteiger partial charge is 0.352 e. The van der Waals surface area contributed by atoms with Crippen LogP contribution >= 0.6 is 0 Å². The van der Waals surface area contributed by atoms with Gasteiger partial charge in [-0.25, -0.2) is 0 Å². The molecule has 0 saturated heterocycles. The van der Waals surface area contributed by atoms with Crippen LogP contribution in [-0.2, 0) is 0 Å². The number of nitrogens with zero attached hydrogens (tertiary/aromatic N) is 1. The van der Waals surface area contributed by atoms with E-state index in [0.29, 0.717) is 6.04 Å². The van der Waals surface area contributed by atoms with E-state index in [0.717, 1.165) is 53.5 Å². The zero-order valence-electron chi connectivity index (χ0n) is 18.5. The molecule has 0 fully saturated rings. The lowest BCUT2D eigenvalue weighted by Crippen LogP contribution is -2.03. The van der Waals surface area contributed by atoms with E-state index in [1.165, 1.54) is 10.7 Å². The molecular weight excluding hydrogens is 408 g/mol. The first-order valence-corrected chi connectivity index (χ1v) is 11.3. The fraction of sp³-hybridized carbons (Fsp3) is 0.111. The Hall–Kier alpha value is -4.32. The maximum absolute atomic E-state index is 3.63. The van der Waals surface area contributed by atoms with Crippen molar-refractivity contribution in [2.75, 3.05) is 0 Å². The van der Waals surface area contributed by atoms with E-state index in [-0.39, 0.29) is 0 Å². The van der Waals surface area contributed by atoms with Gasteiger partial charge in [0.2, 0.25) is 0 Å². The van der Waals surface area contributed by atoms with Crippen LogP contribution < -0.4 is 0 Å². The minimum absolute atomic E-state index is 0.309. The standard InChI is InChI=1S/C27H24N6/c1-15(2)33-26-13-14-27(33)25-12-10-23(32-25)21-8-6-19(30-21)17-4-3-16(28-17)18-5-7-20(29-18)22-9-11-24(26)31-22/h3-15,28-32H,1-2H3. The van der Waals surface area contributed by atoms with Gasteiger partial charge in [0.1, 0.15) is 0 Å². The molecule has 7 rings (SSSR count). The highest BCUT2D eigenvalue weighted by Crippen LogP contribution is 2.12. The smallest absolute Gasteiger partial charge is 0.0653 e. The van der Waals surface area contributed by atoms with Crippen molar-refractivity contribution in [1.29, 1.82) is 0 Å². The lowest BCUT2D eigenvalue weighted by atomic mass is 10.3. The molecule has 6 aromatic heterocycles. The van der Waals surface area contributed by atoms with Crippen LogP contribution in [-0.4, -0.2) is 29.5 Å². The Balaban J connectivity index is 1.82. The molecule has 6 aromatic rings. The van der Waals surface area contributed by atoms with E-state index in [2.05, 4.69) is 116 Å². The molecule has 0 unspecified atom stereocenters. The topological polar surface area (TPSA) is 83.9 Å². The molecule has 0 aliphatic carbocycles. The number of nitrogens with one attached hydrogen (secondary N) is 5. The first-order valence-electron chi connectivity index (χ1n) is 11.3. The molecule has 0 saturated carbocycles. The molecule has 0 radical (unpaired) electrons. The van der Waals surface area contributed by atoms with Gasteiger partial charge >= 0.3 is 0 Å². The normalized spacial score (nSPS) is 12.2. The summed E-state index contributed by atoms with van der Waals surface area (Å²) in [6.45, 7) is 4.46. The second-order valence-electron chi connectivity index (χ2n) is 9.00. The Bertz CT molecular complexity index is 2080. The van der Waals surface area contributed by atoms with Crippen molar-refractivity contribution in [2.24, 2.45) is 0 Å². The lowest BCUT2D eigenvalue weighted by molar-refractivity contribution is 0.575. The van der Waals surface area contributed by atoms with Gasteiger partial charge < -0.3 is 29.5 Å². The molecule has 6 heteroatoms. The van der Waals surface area contributed by atoms with Crippen molar-refractivity contribution in [2.45, 2.75) is 19.9 Å². The fourth-order valence-electron chi connectivity index (χ4n) is 4.97. The SMILES string of the molecule is CC(C)n1c2ccc1=c1ccc([nH]1)=c1ccc([nH]1)=c1ccc([nH]1)=c1ccc([nH]1)=c1ccc=2[nH]1. The zero-order chi connectivity index (χ0) is 22.1. The molecule has 0 amide bonds. The van der Waals surface area contributed by atoms with Gasteiger partial charge in [-0.3, -0.25) is 0 Å². The molecule has 0 atom stereocenters. The zero-order valence-corrected chi connectivity index (χ0v) is 18.5. The quantitative estimate of drug-likeness (QED) is 0.248. The number of fused-ring (bicyclic) bond motifs is 12. The van der Waals surface area contributed by atoms with Gasteiger partial charge in [-0.2, -0.15) is 0 Å². The first-order chi connectivity index (χ1) is 16.1. The van der Waals surface area contributed by atoms with Crippen LogP contribution in [0.5, 0.6) is 0 Å². The summed E-state index contributed by atoms with van der Waals surface area (Å²) in [5.41, 5.74) is 0. The second kappa shape index (κ2) is 6.59. The van der Waals surface area contributed by atoms with Crippen LogP contribution in [0.25, 0.3) is 0 Å². The highest BCUT2D eigenvalue weighted by molar-refractivity contribution is 5.15. The van der Waals surface area contributed by atoms with Gasteiger partial charge in [0.25, 0.3) is 0 Å². The molecule has 0 spiro atoms. The van der Waals surface area contributed by atoms with E-state index in [1.54, 1.807) is 0 Å². The summed E-state index contributed by atoms with van der Waals surface area (Å²) < 4.78 is 2.38. The van der Waals surface area contributed by atoms with Crippen molar-refractivity contribution in [1.82, 2.24) is 29.5 Å². The average Bonchev–Trinajstić information content (AvgIpc) is 3.64. The summed E-state index contributed by atoms with van der Waals surface area (Å²) in [6.07, 6.45) is 0. The second-order valence-corrected chi connectivity index (χ2v) is 9.00. The van der Waals surface area contributed by atoms with Crippen molar-refractivity contribution < 1.29 is 0 Å². The van der Waals surface area contributed by atoms with Gasteiger partial charge in [0.05, 0.1) is 64.2 Å². The van der Waals surface area contributed by atoms with Crippen LogP contribution in [0.1, 0.15) is 19.9 Å². The van der Waals surface area contributed by atoms with Crippen molar-refractivity contribution >= 4 is 0 Å². The van der Waals surface area contributed by atoms with Gasteiger partial charge in [-0.1, -0.05) is 0 Å². The summed E-state index contributed by atoms with van der Waals surface area (Å²) in [5.74, 6) is 0. The Morgan fingerprint density at radius 3 is 0.909 bits per heavy atom. The third-order valence-electron chi connectivity index (χ3n) is 6.58. The minimum atomic E-state index is 0.309. The van der Waals surface area contributed by atoms with Crippen molar-refractivity contribution in [3.8, 4) is 0 Å². The number of H-pyrrole nitrogens is 5. The molecular formula is C27H24N6. The van der Waals surface area contributed by atoms with Crippen LogP contribution in [0.4, 0.5) is 0 Å². The van der Waals surface area contributed by atoms with E-state index in [1.807, 2.05) is 0 Å². The van der Waals surface area contributed by atoms with Gasteiger partial charge in [-0.05, 0) is 86.6 Å². The Morgan fingerprint density at radius 2 is 0.636 bits per heavy atom. The van der Waals surface area contributed by atoms with Crippen LogP contribution in [0.2, 0.25) is 0 Å². The van der Waals surface area contributed by atoms with E-state index in [4.69, 9.17) is 0 Å². The molecule has 7 heterocycles. The molecule has 12 bridgehead atoms. The molecule has 6 nitrogen and oxygen atoms in total. The van der Waals surface area contributed by atoms with E-state index >= 15 is 0 Å². The fourth-order valence-corrected chi connectivity index (χ4v) is 4.97. The van der Waals surface area contributed by atoms with Crippen molar-refractivity contribution in [3.63, 3.8) is 0 Å². The number of hydrogen-bond donors (Lipinski definition) is 5. The number of aromatic amines is 5. The third-order valence-corrected chi connectivity index (χ3v) is 6.58. The van der Waals surface area contributed by atoms with Crippen molar-refractivity contribution in [3.05, 3.63) is 137 Å². The van der Waals surface area contributed by atoms with Crippen LogP contribution in [0, 0.1) is 64.2 Å². The molecule has 1 aliphatic heterocycles. The summed E-state index contributed by atoms with van der Waals surface area (Å²) in [5, 5.41) is 13.0. The first kappa shape index (κ1) is 18.3. The summed E-state index contributed by atoms with van der Waals surface area (Å²) in [6, 6.07) is 26.0. The maximum Gasteiger partial charge on any atom is 0.0653 e. The lowest BCUT2D eigenvalue weighted by Gasteiger charge is -2.08. The maximum atomic E-state index is 3.63. The summed E-state index contributed by atoms with van der Waals surface area (Å²) in [7, 11) is 0. The number of rotatable bonds is 1. The number of hydrogen-bond acceptors (Lipinski definition) is 0.